The third-order valence-electron chi connectivity index (χ3n) is 6.36. The molecule has 0 saturated carbocycles. The molecule has 1 aromatic rings. The van der Waals surface area contributed by atoms with Crippen LogP contribution in [0, 0.1) is 29.1 Å². The van der Waals surface area contributed by atoms with Crippen LogP contribution in [-0.2, 0) is 0 Å². The number of quaternary nitrogens is 1. The maximum absolute atomic E-state index is 12.5. The van der Waals surface area contributed by atoms with E-state index in [1.165, 1.54) is 108 Å². The van der Waals surface area contributed by atoms with Gasteiger partial charge >= 0.3 is 0 Å². The van der Waals surface area contributed by atoms with Gasteiger partial charge in [0.1, 0.15) is 0 Å². The summed E-state index contributed by atoms with van der Waals surface area (Å²) in [6.07, 6.45) is 17.0. The standard InChI is InChI=1S/C20H44N.C7HF5O2/c1-5-9-13-14-15-16-20-21(17-10-6-2,18-11-7-3)19-12-8-4;8-2-1(7(13)14)3(9)5(11)6(12)4(2)10/h5-20H2,1-4H3;(H,13,14)/q+1;/p-1. The summed E-state index contributed by atoms with van der Waals surface area (Å²) in [5.74, 6) is -14.4. The third-order valence-corrected chi connectivity index (χ3v) is 6.36. The van der Waals surface area contributed by atoms with Crippen LogP contribution in [0.4, 0.5) is 22.0 Å². The quantitative estimate of drug-likeness (QED) is 0.0726. The van der Waals surface area contributed by atoms with Gasteiger partial charge in [0.15, 0.2) is 23.3 Å². The number of rotatable bonds is 17. The number of halogens is 5. The Hall–Kier alpha value is -1.70. The van der Waals surface area contributed by atoms with Crippen LogP contribution < -0.4 is 5.11 Å². The van der Waals surface area contributed by atoms with E-state index in [9.17, 15) is 31.9 Å². The summed E-state index contributed by atoms with van der Waals surface area (Å²) in [6.45, 7) is 15.1. The molecule has 1 rings (SSSR count). The van der Waals surface area contributed by atoms with Crippen LogP contribution in [0.1, 0.15) is 115 Å². The van der Waals surface area contributed by atoms with E-state index < -0.39 is 40.6 Å². The van der Waals surface area contributed by atoms with E-state index in [-0.39, 0.29) is 0 Å². The van der Waals surface area contributed by atoms with Gasteiger partial charge in [-0.2, -0.15) is 0 Å². The van der Waals surface area contributed by atoms with Crippen LogP contribution in [-0.4, -0.2) is 36.6 Å². The van der Waals surface area contributed by atoms with Gasteiger partial charge < -0.3 is 14.4 Å². The predicted molar refractivity (Wildman–Crippen MR) is 128 cm³/mol. The third kappa shape index (κ3) is 11.7. The Bertz CT molecular complexity index is 692. The first-order valence-electron chi connectivity index (χ1n) is 13.2. The lowest BCUT2D eigenvalue weighted by Gasteiger charge is -2.39. The van der Waals surface area contributed by atoms with Crippen molar-refractivity contribution in [3.05, 3.63) is 34.6 Å². The van der Waals surface area contributed by atoms with Gasteiger partial charge in [0.25, 0.3) is 0 Å². The largest absolute Gasteiger partial charge is 0.545 e. The van der Waals surface area contributed by atoms with Crippen molar-refractivity contribution in [2.24, 2.45) is 0 Å². The van der Waals surface area contributed by atoms with Gasteiger partial charge in [-0.25, -0.2) is 22.0 Å². The molecule has 8 heteroatoms. The van der Waals surface area contributed by atoms with Gasteiger partial charge in [-0.1, -0.05) is 72.6 Å². The molecule has 0 aliphatic carbocycles. The molecule has 0 N–H and O–H groups in total. The van der Waals surface area contributed by atoms with Crippen LogP contribution in [0.2, 0.25) is 0 Å². The summed E-state index contributed by atoms with van der Waals surface area (Å²) in [6, 6.07) is 0. The topological polar surface area (TPSA) is 40.1 Å². The summed E-state index contributed by atoms with van der Waals surface area (Å²) in [7, 11) is 0. The molecule has 0 aliphatic heterocycles. The molecule has 0 atom stereocenters. The second-order valence-corrected chi connectivity index (χ2v) is 9.30. The van der Waals surface area contributed by atoms with Gasteiger partial charge in [-0.15, -0.1) is 0 Å². The number of hydrogen-bond donors (Lipinski definition) is 0. The summed E-state index contributed by atoms with van der Waals surface area (Å²) in [5.41, 5.74) is -1.97. The Balaban J connectivity index is 0.000000712. The van der Waals surface area contributed by atoms with Gasteiger partial charge in [-0.05, 0) is 32.1 Å². The minimum atomic E-state index is -2.47. The molecule has 0 unspecified atom stereocenters. The van der Waals surface area contributed by atoms with Crippen LogP contribution in [0.15, 0.2) is 0 Å². The number of carbonyl (C=O) groups excluding carboxylic acids is 1. The molecule has 0 amide bonds. The first kappa shape index (κ1) is 33.3. The molecule has 0 aromatic heterocycles. The van der Waals surface area contributed by atoms with E-state index >= 15 is 0 Å². The monoisotopic (exact) mass is 509 g/mol. The fourth-order valence-electron chi connectivity index (χ4n) is 4.16. The van der Waals surface area contributed by atoms with Gasteiger partial charge in [0.2, 0.25) is 5.82 Å². The Morgan fingerprint density at radius 3 is 1.23 bits per heavy atom. The lowest BCUT2D eigenvalue weighted by Crippen LogP contribution is -2.50. The second kappa shape index (κ2) is 18.6. The molecule has 35 heavy (non-hydrogen) atoms. The van der Waals surface area contributed by atoms with E-state index in [4.69, 9.17) is 0 Å². The Labute approximate surface area is 208 Å². The highest BCUT2D eigenvalue weighted by molar-refractivity contribution is 5.86. The zero-order valence-electron chi connectivity index (χ0n) is 22.0. The highest BCUT2D eigenvalue weighted by Crippen LogP contribution is 2.22. The predicted octanol–water partition coefficient (Wildman–Crippen LogP) is 7.31. The molecule has 0 radical (unpaired) electrons. The molecular weight excluding hydrogens is 465 g/mol. The van der Waals surface area contributed by atoms with E-state index in [1.54, 1.807) is 0 Å². The highest BCUT2D eigenvalue weighted by atomic mass is 19.2. The average Bonchev–Trinajstić information content (AvgIpc) is 2.84. The number of carboxylic acid groups (broad SMARTS) is 1. The molecule has 0 saturated heterocycles. The van der Waals surface area contributed by atoms with Crippen molar-refractivity contribution in [2.75, 3.05) is 26.2 Å². The van der Waals surface area contributed by atoms with Crippen molar-refractivity contribution < 1.29 is 36.3 Å². The number of benzene rings is 1. The van der Waals surface area contributed by atoms with E-state index in [0.717, 1.165) is 0 Å². The van der Waals surface area contributed by atoms with Gasteiger partial charge in [0.05, 0.1) is 37.7 Å². The molecule has 3 nitrogen and oxygen atoms in total. The number of carboxylic acids is 1. The van der Waals surface area contributed by atoms with Crippen LogP contribution >= 0.6 is 0 Å². The van der Waals surface area contributed by atoms with E-state index in [2.05, 4.69) is 27.7 Å². The fourth-order valence-corrected chi connectivity index (χ4v) is 4.16. The van der Waals surface area contributed by atoms with Crippen molar-refractivity contribution in [1.29, 1.82) is 0 Å². The summed E-state index contributed by atoms with van der Waals surface area (Å²) in [5, 5.41) is 10.0. The highest BCUT2D eigenvalue weighted by Gasteiger charge is 2.26. The first-order valence-corrected chi connectivity index (χ1v) is 13.2. The molecule has 0 spiro atoms. The zero-order chi connectivity index (χ0) is 26.9. The van der Waals surface area contributed by atoms with Crippen molar-refractivity contribution >= 4 is 5.97 Å². The SMILES string of the molecule is CCCCCCCC[N+](CCCC)(CCCC)CCCC.O=C([O-])c1c(F)c(F)c(F)c(F)c1F. The van der Waals surface area contributed by atoms with Crippen LogP contribution in [0.5, 0.6) is 0 Å². The number of aromatic carboxylic acids is 1. The molecular formula is C27H44F5NO2. The Morgan fingerprint density at radius 1 is 0.543 bits per heavy atom. The van der Waals surface area contributed by atoms with E-state index in [1.807, 2.05) is 0 Å². The van der Waals surface area contributed by atoms with Crippen LogP contribution in [0.25, 0.3) is 0 Å². The average molecular weight is 510 g/mol. The fraction of sp³-hybridized carbons (Fsp3) is 0.741. The minimum Gasteiger partial charge on any atom is -0.545 e. The molecule has 1 aromatic carbocycles. The normalized spacial score (nSPS) is 11.3. The summed E-state index contributed by atoms with van der Waals surface area (Å²) in [4.78, 5) is 10.0. The van der Waals surface area contributed by atoms with Crippen molar-refractivity contribution in [3.63, 3.8) is 0 Å². The summed E-state index contributed by atoms with van der Waals surface area (Å²) < 4.78 is 63.4. The number of hydrogen-bond acceptors (Lipinski definition) is 2. The second-order valence-electron chi connectivity index (χ2n) is 9.30. The van der Waals surface area contributed by atoms with Crippen molar-refractivity contribution in [1.82, 2.24) is 0 Å². The maximum atomic E-state index is 12.5. The number of unbranched alkanes of at least 4 members (excludes halogenated alkanes) is 8. The lowest BCUT2D eigenvalue weighted by molar-refractivity contribution is -0.929. The van der Waals surface area contributed by atoms with Gasteiger partial charge in [0, 0.05) is 0 Å². The minimum absolute atomic E-state index is 1.36. The number of carbonyl (C=O) groups is 1. The lowest BCUT2D eigenvalue weighted by atomic mass is 10.1. The molecule has 204 valence electrons. The molecule has 0 bridgehead atoms. The smallest absolute Gasteiger partial charge is 0.200 e. The first-order chi connectivity index (χ1) is 16.6. The maximum Gasteiger partial charge on any atom is 0.200 e. The number of nitrogens with zero attached hydrogens (tertiary/aromatic N) is 1. The Morgan fingerprint density at radius 2 is 0.857 bits per heavy atom. The Kier molecular flexibility index (Phi) is 17.7. The van der Waals surface area contributed by atoms with Crippen LogP contribution in [0.3, 0.4) is 0 Å². The molecule has 0 aliphatic rings. The summed E-state index contributed by atoms with van der Waals surface area (Å²) >= 11 is 0. The molecule has 0 heterocycles. The van der Waals surface area contributed by atoms with E-state index in [0.29, 0.717) is 0 Å². The van der Waals surface area contributed by atoms with Gasteiger partial charge in [-0.3, -0.25) is 0 Å². The molecule has 0 fully saturated rings. The van der Waals surface area contributed by atoms with Crippen molar-refractivity contribution in [2.45, 2.75) is 105 Å². The zero-order valence-corrected chi connectivity index (χ0v) is 22.0. The van der Waals surface area contributed by atoms with Crippen molar-refractivity contribution in [3.8, 4) is 0 Å².